The van der Waals surface area contributed by atoms with Gasteiger partial charge in [0.05, 0.1) is 4.47 Å². The van der Waals surface area contributed by atoms with E-state index in [9.17, 15) is 4.39 Å². The van der Waals surface area contributed by atoms with E-state index in [0.29, 0.717) is 10.2 Å². The summed E-state index contributed by atoms with van der Waals surface area (Å²) in [7, 11) is 1.69. The zero-order valence-electron chi connectivity index (χ0n) is 10.7. The van der Waals surface area contributed by atoms with E-state index in [1.54, 1.807) is 19.2 Å². The number of hydrogen-bond acceptors (Lipinski definition) is 3. The van der Waals surface area contributed by atoms with Crippen LogP contribution in [0, 0.1) is 5.82 Å². The summed E-state index contributed by atoms with van der Waals surface area (Å²) in [6.45, 7) is 4.38. The minimum atomic E-state index is -0.285. The van der Waals surface area contributed by atoms with Gasteiger partial charge in [0.1, 0.15) is 17.7 Å². The number of rotatable bonds is 8. The number of benzene rings is 1. The standard InChI is InChI=1S/C13H19BrFNO2/c1-10(9-16-6-3-7-17-2)18-11-4-5-13(15)12(14)8-11/h4-5,8,10,16H,3,6-7,9H2,1-2H3. The molecule has 0 aliphatic carbocycles. The molecule has 0 spiro atoms. The lowest BCUT2D eigenvalue weighted by Crippen LogP contribution is -2.30. The molecule has 0 aromatic heterocycles. The van der Waals surface area contributed by atoms with Gasteiger partial charge in [-0.1, -0.05) is 0 Å². The van der Waals surface area contributed by atoms with Crippen LogP contribution in [0.25, 0.3) is 0 Å². The highest BCUT2D eigenvalue weighted by atomic mass is 79.9. The fraction of sp³-hybridized carbons (Fsp3) is 0.538. The van der Waals surface area contributed by atoms with E-state index in [4.69, 9.17) is 9.47 Å². The van der Waals surface area contributed by atoms with Crippen molar-refractivity contribution < 1.29 is 13.9 Å². The van der Waals surface area contributed by atoms with Gasteiger partial charge in [-0.05, 0) is 54.0 Å². The molecule has 0 aliphatic rings. The van der Waals surface area contributed by atoms with Gasteiger partial charge in [0, 0.05) is 20.3 Å². The number of methoxy groups -OCH3 is 1. The van der Waals surface area contributed by atoms with Crippen LogP contribution in [-0.2, 0) is 4.74 Å². The summed E-state index contributed by atoms with van der Waals surface area (Å²) < 4.78 is 24.1. The maximum Gasteiger partial charge on any atom is 0.137 e. The van der Waals surface area contributed by atoms with Gasteiger partial charge in [0.25, 0.3) is 0 Å². The van der Waals surface area contributed by atoms with E-state index in [-0.39, 0.29) is 11.9 Å². The van der Waals surface area contributed by atoms with E-state index in [0.717, 1.165) is 26.1 Å². The second-order valence-electron chi connectivity index (χ2n) is 4.05. The molecule has 0 aliphatic heterocycles. The lowest BCUT2D eigenvalue weighted by molar-refractivity contribution is 0.188. The SMILES string of the molecule is COCCCNCC(C)Oc1ccc(F)c(Br)c1. The maximum atomic E-state index is 13.0. The molecule has 1 atom stereocenters. The first-order valence-corrected chi connectivity index (χ1v) is 6.74. The van der Waals surface area contributed by atoms with Crippen LogP contribution in [0.3, 0.4) is 0 Å². The van der Waals surface area contributed by atoms with Crippen molar-refractivity contribution in [3.63, 3.8) is 0 Å². The highest BCUT2D eigenvalue weighted by Crippen LogP contribution is 2.22. The van der Waals surface area contributed by atoms with Gasteiger partial charge >= 0.3 is 0 Å². The molecule has 18 heavy (non-hydrogen) atoms. The number of nitrogens with one attached hydrogen (secondary N) is 1. The summed E-state index contributed by atoms with van der Waals surface area (Å²) >= 11 is 3.13. The molecule has 0 heterocycles. The van der Waals surface area contributed by atoms with Crippen LogP contribution in [0.1, 0.15) is 13.3 Å². The van der Waals surface area contributed by atoms with Crippen molar-refractivity contribution in [1.29, 1.82) is 0 Å². The van der Waals surface area contributed by atoms with E-state index < -0.39 is 0 Å². The maximum absolute atomic E-state index is 13.0. The third-order valence-corrected chi connectivity index (χ3v) is 2.97. The summed E-state index contributed by atoms with van der Waals surface area (Å²) in [6, 6.07) is 4.65. The van der Waals surface area contributed by atoms with E-state index in [1.807, 2.05) is 6.92 Å². The van der Waals surface area contributed by atoms with Gasteiger partial charge in [-0.25, -0.2) is 4.39 Å². The third-order valence-electron chi connectivity index (χ3n) is 2.36. The Morgan fingerprint density at radius 1 is 1.44 bits per heavy atom. The van der Waals surface area contributed by atoms with Crippen molar-refractivity contribution in [3.05, 3.63) is 28.5 Å². The molecular weight excluding hydrogens is 301 g/mol. The van der Waals surface area contributed by atoms with Gasteiger partial charge in [0.15, 0.2) is 0 Å². The first-order valence-electron chi connectivity index (χ1n) is 5.95. The van der Waals surface area contributed by atoms with Crippen LogP contribution in [0.2, 0.25) is 0 Å². The van der Waals surface area contributed by atoms with Crippen molar-refractivity contribution in [2.24, 2.45) is 0 Å². The highest BCUT2D eigenvalue weighted by molar-refractivity contribution is 9.10. The molecular formula is C13H19BrFNO2. The zero-order chi connectivity index (χ0) is 13.4. The summed E-state index contributed by atoms with van der Waals surface area (Å²) in [5, 5.41) is 3.28. The third kappa shape index (κ3) is 5.80. The molecule has 0 saturated heterocycles. The van der Waals surface area contributed by atoms with E-state index in [2.05, 4.69) is 21.2 Å². The predicted octanol–water partition coefficient (Wildman–Crippen LogP) is 2.98. The van der Waals surface area contributed by atoms with Crippen molar-refractivity contribution in [2.75, 3.05) is 26.8 Å². The molecule has 0 fully saturated rings. The van der Waals surface area contributed by atoms with E-state index >= 15 is 0 Å². The normalized spacial score (nSPS) is 12.4. The van der Waals surface area contributed by atoms with Crippen molar-refractivity contribution in [3.8, 4) is 5.75 Å². The molecule has 0 radical (unpaired) electrons. The molecule has 0 amide bonds. The molecule has 0 saturated carbocycles. The monoisotopic (exact) mass is 319 g/mol. The summed E-state index contributed by atoms with van der Waals surface area (Å²) in [4.78, 5) is 0. The van der Waals surface area contributed by atoms with Gasteiger partial charge in [-0.2, -0.15) is 0 Å². The molecule has 1 unspecified atom stereocenters. The molecule has 102 valence electrons. The van der Waals surface area contributed by atoms with Gasteiger partial charge in [-0.15, -0.1) is 0 Å². The Hall–Kier alpha value is -0.650. The van der Waals surface area contributed by atoms with Gasteiger partial charge in [-0.3, -0.25) is 0 Å². The van der Waals surface area contributed by atoms with Crippen LogP contribution < -0.4 is 10.1 Å². The average Bonchev–Trinajstić information content (AvgIpc) is 2.34. The Morgan fingerprint density at radius 3 is 2.89 bits per heavy atom. The molecule has 3 nitrogen and oxygen atoms in total. The first kappa shape index (κ1) is 15.4. The first-order chi connectivity index (χ1) is 8.63. The minimum absolute atomic E-state index is 0.0323. The quantitative estimate of drug-likeness (QED) is 0.747. The van der Waals surface area contributed by atoms with Crippen LogP contribution in [0.15, 0.2) is 22.7 Å². The topological polar surface area (TPSA) is 30.5 Å². The average molecular weight is 320 g/mol. The van der Waals surface area contributed by atoms with Gasteiger partial charge < -0.3 is 14.8 Å². The molecule has 5 heteroatoms. The Kier molecular flexibility index (Phi) is 7.23. The van der Waals surface area contributed by atoms with E-state index in [1.165, 1.54) is 6.07 Å². The Bertz CT molecular complexity index is 363. The number of hydrogen-bond donors (Lipinski definition) is 1. The molecule has 1 aromatic rings. The van der Waals surface area contributed by atoms with Crippen molar-refractivity contribution in [1.82, 2.24) is 5.32 Å². The smallest absolute Gasteiger partial charge is 0.137 e. The predicted molar refractivity (Wildman–Crippen MR) is 73.6 cm³/mol. The van der Waals surface area contributed by atoms with Crippen LogP contribution in [0.4, 0.5) is 4.39 Å². The Morgan fingerprint density at radius 2 is 2.22 bits per heavy atom. The van der Waals surface area contributed by atoms with Crippen molar-refractivity contribution >= 4 is 15.9 Å². The zero-order valence-corrected chi connectivity index (χ0v) is 12.3. The Balaban J connectivity index is 2.26. The molecule has 1 aromatic carbocycles. The van der Waals surface area contributed by atoms with Gasteiger partial charge in [0.2, 0.25) is 0 Å². The minimum Gasteiger partial charge on any atom is -0.489 e. The summed E-state index contributed by atoms with van der Waals surface area (Å²) in [6.07, 6.45) is 1.01. The summed E-state index contributed by atoms with van der Waals surface area (Å²) in [5.74, 6) is 0.377. The Labute approximate surface area is 116 Å². The molecule has 0 bridgehead atoms. The molecule has 1 N–H and O–H groups in total. The lowest BCUT2D eigenvalue weighted by atomic mass is 10.3. The van der Waals surface area contributed by atoms with Crippen molar-refractivity contribution in [2.45, 2.75) is 19.4 Å². The summed E-state index contributed by atoms with van der Waals surface area (Å²) in [5.41, 5.74) is 0. The molecule has 1 rings (SSSR count). The fourth-order valence-electron chi connectivity index (χ4n) is 1.47. The van der Waals surface area contributed by atoms with Crippen LogP contribution in [-0.4, -0.2) is 32.9 Å². The van der Waals surface area contributed by atoms with Crippen LogP contribution >= 0.6 is 15.9 Å². The highest BCUT2D eigenvalue weighted by Gasteiger charge is 2.06. The largest absolute Gasteiger partial charge is 0.489 e. The second-order valence-corrected chi connectivity index (χ2v) is 4.91. The fourth-order valence-corrected chi connectivity index (χ4v) is 1.83. The lowest BCUT2D eigenvalue weighted by Gasteiger charge is -2.15. The second kappa shape index (κ2) is 8.45. The van der Waals surface area contributed by atoms with Crippen LogP contribution in [0.5, 0.6) is 5.75 Å². The number of ether oxygens (including phenoxy) is 2. The number of halogens is 2.